The van der Waals surface area contributed by atoms with Gasteiger partial charge in [-0.3, -0.25) is 14.2 Å². The summed E-state index contributed by atoms with van der Waals surface area (Å²) in [6.07, 6.45) is 1.36. The summed E-state index contributed by atoms with van der Waals surface area (Å²) in [5, 5.41) is 14.6. The van der Waals surface area contributed by atoms with Gasteiger partial charge in [-0.2, -0.15) is 5.26 Å². The highest BCUT2D eigenvalue weighted by Crippen LogP contribution is 2.30. The number of fused-ring (bicyclic) bond motifs is 1. The largest absolute Gasteiger partial charge is 0.323 e. The highest BCUT2D eigenvalue weighted by atomic mass is 35.5. The maximum atomic E-state index is 13.1. The minimum absolute atomic E-state index is 0.234. The summed E-state index contributed by atoms with van der Waals surface area (Å²) in [6, 6.07) is 14.5. The average Bonchev–Trinajstić information content (AvgIpc) is 3.16. The molecule has 1 N–H and O–H groups in total. The van der Waals surface area contributed by atoms with E-state index in [1.54, 1.807) is 6.07 Å². The molecule has 6 nitrogen and oxygen atoms in total. The van der Waals surface area contributed by atoms with Crippen LogP contribution in [-0.2, 0) is 11.3 Å². The molecule has 0 saturated carbocycles. The van der Waals surface area contributed by atoms with Gasteiger partial charge in [0.2, 0.25) is 5.91 Å². The molecule has 0 spiro atoms. The number of benzene rings is 2. The number of nitrogens with one attached hydrogen (secondary N) is 1. The van der Waals surface area contributed by atoms with Gasteiger partial charge in [-0.05, 0) is 30.7 Å². The number of nitriles is 1. The van der Waals surface area contributed by atoms with Crippen LogP contribution in [-0.4, -0.2) is 15.5 Å². The van der Waals surface area contributed by atoms with Crippen LogP contribution in [0.2, 0.25) is 5.02 Å². The molecule has 148 valence electrons. The zero-order valence-electron chi connectivity index (χ0n) is 15.8. The van der Waals surface area contributed by atoms with Crippen LogP contribution < -0.4 is 10.9 Å². The maximum Gasteiger partial charge on any atom is 0.263 e. The van der Waals surface area contributed by atoms with Crippen LogP contribution in [0.5, 0.6) is 0 Å². The monoisotopic (exact) mass is 434 g/mol. The van der Waals surface area contributed by atoms with Gasteiger partial charge in [0.1, 0.15) is 17.4 Å². The van der Waals surface area contributed by atoms with Gasteiger partial charge in [0.05, 0.1) is 23.0 Å². The predicted molar refractivity (Wildman–Crippen MR) is 119 cm³/mol. The van der Waals surface area contributed by atoms with E-state index in [-0.39, 0.29) is 17.7 Å². The third kappa shape index (κ3) is 3.83. The molecular formula is C22H15ClN4O2S. The second kappa shape index (κ2) is 8.11. The molecule has 2 aromatic heterocycles. The lowest BCUT2D eigenvalue weighted by Gasteiger charge is -2.09. The molecule has 0 bridgehead atoms. The first-order chi connectivity index (χ1) is 14.5. The quantitative estimate of drug-likeness (QED) is 0.508. The molecule has 0 aliphatic heterocycles. The van der Waals surface area contributed by atoms with Gasteiger partial charge in [-0.1, -0.05) is 41.4 Å². The molecule has 0 atom stereocenters. The first-order valence-corrected chi connectivity index (χ1v) is 10.2. The highest BCUT2D eigenvalue weighted by molar-refractivity contribution is 7.17. The molecule has 1 amide bonds. The maximum absolute atomic E-state index is 13.1. The summed E-state index contributed by atoms with van der Waals surface area (Å²) in [6.45, 7) is 1.77. The second-order valence-corrected chi connectivity index (χ2v) is 8.02. The number of hydrogen-bond donors (Lipinski definition) is 1. The second-order valence-electron chi connectivity index (χ2n) is 6.72. The van der Waals surface area contributed by atoms with Gasteiger partial charge in [-0.25, -0.2) is 4.98 Å². The molecule has 8 heteroatoms. The van der Waals surface area contributed by atoms with E-state index in [0.29, 0.717) is 20.9 Å². The topological polar surface area (TPSA) is 87.8 Å². The van der Waals surface area contributed by atoms with Crippen LogP contribution in [0.25, 0.3) is 21.3 Å². The fourth-order valence-electron chi connectivity index (χ4n) is 3.09. The fourth-order valence-corrected chi connectivity index (χ4v) is 4.17. The molecule has 0 unspecified atom stereocenters. The normalized spacial score (nSPS) is 10.7. The molecule has 0 radical (unpaired) electrons. The Bertz CT molecular complexity index is 1370. The Labute approximate surface area is 181 Å². The van der Waals surface area contributed by atoms with E-state index in [4.69, 9.17) is 11.6 Å². The van der Waals surface area contributed by atoms with Gasteiger partial charge in [-0.15, -0.1) is 11.3 Å². The van der Waals surface area contributed by atoms with Crippen LogP contribution >= 0.6 is 22.9 Å². The van der Waals surface area contributed by atoms with Gasteiger partial charge in [0.15, 0.2) is 0 Å². The first-order valence-electron chi connectivity index (χ1n) is 8.99. The van der Waals surface area contributed by atoms with Crippen molar-refractivity contribution in [3.8, 4) is 17.2 Å². The molecule has 4 rings (SSSR count). The van der Waals surface area contributed by atoms with Crippen molar-refractivity contribution >= 4 is 44.7 Å². The van der Waals surface area contributed by atoms with Crippen LogP contribution in [0, 0.1) is 18.3 Å². The minimum Gasteiger partial charge on any atom is -0.323 e. The summed E-state index contributed by atoms with van der Waals surface area (Å²) in [5.74, 6) is -0.455. The van der Waals surface area contributed by atoms with Gasteiger partial charge < -0.3 is 5.32 Å². The number of halogens is 1. The van der Waals surface area contributed by atoms with E-state index in [2.05, 4.69) is 10.3 Å². The molecule has 0 fully saturated rings. The van der Waals surface area contributed by atoms with E-state index in [1.165, 1.54) is 34.4 Å². The van der Waals surface area contributed by atoms with Crippen molar-refractivity contribution in [3.05, 3.63) is 80.7 Å². The number of carbonyl (C=O) groups excluding carboxylic acids is 1. The van der Waals surface area contributed by atoms with E-state index in [9.17, 15) is 14.9 Å². The van der Waals surface area contributed by atoms with Gasteiger partial charge in [0, 0.05) is 16.0 Å². The number of rotatable bonds is 4. The van der Waals surface area contributed by atoms with E-state index in [1.807, 2.05) is 42.6 Å². The first kappa shape index (κ1) is 19.8. The van der Waals surface area contributed by atoms with Crippen molar-refractivity contribution in [1.29, 1.82) is 5.26 Å². The van der Waals surface area contributed by atoms with Gasteiger partial charge in [0.25, 0.3) is 5.56 Å². The molecule has 4 aromatic rings. The number of anilines is 1. The van der Waals surface area contributed by atoms with Crippen molar-refractivity contribution in [2.45, 2.75) is 13.5 Å². The van der Waals surface area contributed by atoms with Crippen LogP contribution in [0.3, 0.4) is 0 Å². The zero-order chi connectivity index (χ0) is 21.3. The Hall–Kier alpha value is -3.47. The Morgan fingerprint density at radius 1 is 1.27 bits per heavy atom. The molecule has 0 saturated heterocycles. The Kier molecular flexibility index (Phi) is 5.36. The number of aryl methyl sites for hydroxylation is 1. The number of amides is 1. The summed E-state index contributed by atoms with van der Waals surface area (Å²) >= 11 is 7.34. The number of hydrogen-bond acceptors (Lipinski definition) is 5. The highest BCUT2D eigenvalue weighted by Gasteiger charge is 2.15. The molecule has 0 aliphatic rings. The molecule has 0 aliphatic carbocycles. The summed E-state index contributed by atoms with van der Waals surface area (Å²) in [4.78, 5) is 30.6. The minimum atomic E-state index is -0.455. The van der Waals surface area contributed by atoms with Crippen molar-refractivity contribution in [3.63, 3.8) is 0 Å². The summed E-state index contributed by atoms with van der Waals surface area (Å²) in [7, 11) is 0. The Morgan fingerprint density at radius 2 is 2.03 bits per heavy atom. The lowest BCUT2D eigenvalue weighted by atomic mass is 10.1. The van der Waals surface area contributed by atoms with E-state index < -0.39 is 5.91 Å². The van der Waals surface area contributed by atoms with Crippen LogP contribution in [0.15, 0.2) is 59.0 Å². The van der Waals surface area contributed by atoms with Crippen molar-refractivity contribution in [2.24, 2.45) is 0 Å². The summed E-state index contributed by atoms with van der Waals surface area (Å²) in [5.41, 5.74) is 3.14. The predicted octanol–water partition coefficient (Wildman–Crippen LogP) is 4.60. The third-order valence-electron chi connectivity index (χ3n) is 4.61. The smallest absolute Gasteiger partial charge is 0.263 e. The third-order valence-corrected chi connectivity index (χ3v) is 5.73. The number of thiophene rings is 1. The molecule has 30 heavy (non-hydrogen) atoms. The van der Waals surface area contributed by atoms with Crippen LogP contribution in [0.4, 0.5) is 5.69 Å². The van der Waals surface area contributed by atoms with Crippen molar-refractivity contribution in [2.75, 3.05) is 5.32 Å². The Balaban J connectivity index is 1.66. The number of nitrogens with zero attached hydrogens (tertiary/aromatic N) is 3. The van der Waals surface area contributed by atoms with Crippen LogP contribution in [0.1, 0.15) is 11.1 Å². The lowest BCUT2D eigenvalue weighted by molar-refractivity contribution is -0.116. The van der Waals surface area contributed by atoms with Crippen molar-refractivity contribution in [1.82, 2.24) is 9.55 Å². The molecule has 2 aromatic carbocycles. The number of carbonyl (C=O) groups is 1. The average molecular weight is 435 g/mol. The van der Waals surface area contributed by atoms with E-state index >= 15 is 0 Å². The van der Waals surface area contributed by atoms with E-state index in [0.717, 1.165) is 16.7 Å². The Morgan fingerprint density at radius 3 is 2.77 bits per heavy atom. The lowest BCUT2D eigenvalue weighted by Crippen LogP contribution is -2.28. The molecule has 2 heterocycles. The zero-order valence-corrected chi connectivity index (χ0v) is 17.4. The number of aromatic nitrogens is 2. The van der Waals surface area contributed by atoms with Gasteiger partial charge >= 0.3 is 0 Å². The standard InChI is InChI=1S/C22H15ClN4O2S/c1-13-2-4-14(5-3-13)17-11-30-21-20(17)22(29)27(12-25-21)10-19(28)26-18-8-16(23)7-6-15(18)9-24/h2-8,11-12H,10H2,1H3,(H,26,28). The fraction of sp³-hybridized carbons (Fsp3) is 0.0909. The van der Waals surface area contributed by atoms with Crippen molar-refractivity contribution < 1.29 is 4.79 Å². The molecular weight excluding hydrogens is 420 g/mol. The SMILES string of the molecule is Cc1ccc(-c2csc3ncn(CC(=O)Nc4cc(Cl)ccc4C#N)c(=O)c23)cc1. The summed E-state index contributed by atoms with van der Waals surface area (Å²) < 4.78 is 1.26.